The second-order valence-corrected chi connectivity index (χ2v) is 4.35. The fourth-order valence-corrected chi connectivity index (χ4v) is 1.66. The van der Waals surface area contributed by atoms with Crippen LogP contribution in [0.3, 0.4) is 0 Å². The van der Waals surface area contributed by atoms with E-state index in [9.17, 15) is 0 Å². The van der Waals surface area contributed by atoms with Crippen LogP contribution in [0, 0.1) is 0 Å². The minimum atomic E-state index is 0.357. The van der Waals surface area contributed by atoms with Crippen LogP contribution in [0.5, 0.6) is 5.75 Å². The molecule has 1 aromatic rings. The van der Waals surface area contributed by atoms with E-state index in [0.717, 1.165) is 25.4 Å². The van der Waals surface area contributed by atoms with E-state index >= 15 is 0 Å². The molecule has 0 saturated carbocycles. The van der Waals surface area contributed by atoms with Crippen LogP contribution in [0.1, 0.15) is 25.5 Å². The fraction of sp³-hybridized carbons (Fsp3) is 0.571. The monoisotopic (exact) mass is 236 g/mol. The number of ether oxygens (including phenoxy) is 1. The van der Waals surface area contributed by atoms with Crippen LogP contribution in [-0.4, -0.2) is 38.7 Å². The molecule has 0 radical (unpaired) electrons. The first-order valence-electron chi connectivity index (χ1n) is 6.23. The summed E-state index contributed by atoms with van der Waals surface area (Å²) in [5, 5.41) is 3.52. The van der Waals surface area contributed by atoms with Gasteiger partial charge in [-0.05, 0) is 38.2 Å². The van der Waals surface area contributed by atoms with Gasteiger partial charge in [0.25, 0.3) is 0 Å². The highest BCUT2D eigenvalue weighted by Crippen LogP contribution is 2.18. The number of methoxy groups -OCH3 is 1. The molecule has 0 spiro atoms. The number of rotatable bonds is 7. The van der Waals surface area contributed by atoms with Gasteiger partial charge in [-0.15, -0.1) is 0 Å². The Morgan fingerprint density at radius 1 is 1.41 bits per heavy atom. The standard InChI is InChI=1S/C14H24N2O/c1-5-16(3)10-9-15-12(2)13-7-6-8-14(11-13)17-4/h6-8,11-12,15H,5,9-10H2,1-4H3. The van der Waals surface area contributed by atoms with Crippen molar-refractivity contribution in [3.63, 3.8) is 0 Å². The van der Waals surface area contributed by atoms with Gasteiger partial charge in [-0.2, -0.15) is 0 Å². The molecule has 1 rings (SSSR count). The Bertz CT molecular complexity index is 328. The molecule has 0 aliphatic rings. The Labute approximate surface area is 105 Å². The van der Waals surface area contributed by atoms with Gasteiger partial charge in [0.05, 0.1) is 7.11 Å². The van der Waals surface area contributed by atoms with Crippen LogP contribution in [0.25, 0.3) is 0 Å². The minimum absolute atomic E-state index is 0.357. The lowest BCUT2D eigenvalue weighted by atomic mass is 10.1. The lowest BCUT2D eigenvalue weighted by molar-refractivity contribution is 0.342. The van der Waals surface area contributed by atoms with E-state index in [4.69, 9.17) is 4.74 Å². The molecule has 1 N–H and O–H groups in total. The van der Waals surface area contributed by atoms with Crippen molar-refractivity contribution in [1.29, 1.82) is 0 Å². The third kappa shape index (κ3) is 4.75. The Hall–Kier alpha value is -1.06. The largest absolute Gasteiger partial charge is 0.497 e. The Kier molecular flexibility index (Phi) is 6.01. The lowest BCUT2D eigenvalue weighted by Gasteiger charge is -2.18. The van der Waals surface area contributed by atoms with E-state index in [-0.39, 0.29) is 0 Å². The van der Waals surface area contributed by atoms with Crippen LogP contribution in [0.4, 0.5) is 0 Å². The van der Waals surface area contributed by atoms with Gasteiger partial charge in [0.1, 0.15) is 5.75 Å². The predicted octanol–water partition coefficient (Wildman–Crippen LogP) is 2.30. The summed E-state index contributed by atoms with van der Waals surface area (Å²) in [5.41, 5.74) is 1.27. The lowest BCUT2D eigenvalue weighted by Crippen LogP contribution is -2.30. The minimum Gasteiger partial charge on any atom is -0.497 e. The van der Waals surface area contributed by atoms with Gasteiger partial charge < -0.3 is 15.0 Å². The van der Waals surface area contributed by atoms with Gasteiger partial charge in [0, 0.05) is 19.1 Å². The molecule has 0 aromatic heterocycles. The van der Waals surface area contributed by atoms with Crippen molar-refractivity contribution in [2.24, 2.45) is 0 Å². The SMILES string of the molecule is CCN(C)CCNC(C)c1cccc(OC)c1. The zero-order valence-electron chi connectivity index (χ0n) is 11.4. The quantitative estimate of drug-likeness (QED) is 0.786. The maximum absolute atomic E-state index is 5.23. The van der Waals surface area contributed by atoms with E-state index in [1.54, 1.807) is 7.11 Å². The molecule has 0 heterocycles. The molecule has 0 aliphatic carbocycles. The topological polar surface area (TPSA) is 24.5 Å². The molecule has 1 atom stereocenters. The van der Waals surface area contributed by atoms with Crippen molar-refractivity contribution in [3.8, 4) is 5.75 Å². The molecule has 0 fully saturated rings. The maximum atomic E-state index is 5.23. The van der Waals surface area contributed by atoms with Crippen molar-refractivity contribution in [2.75, 3.05) is 33.8 Å². The van der Waals surface area contributed by atoms with Gasteiger partial charge in [0.15, 0.2) is 0 Å². The summed E-state index contributed by atoms with van der Waals surface area (Å²) in [5.74, 6) is 0.918. The summed E-state index contributed by atoms with van der Waals surface area (Å²) in [6, 6.07) is 8.58. The fourth-order valence-electron chi connectivity index (χ4n) is 1.66. The Morgan fingerprint density at radius 2 is 2.18 bits per heavy atom. The van der Waals surface area contributed by atoms with Crippen molar-refractivity contribution < 1.29 is 4.74 Å². The molecule has 1 unspecified atom stereocenters. The maximum Gasteiger partial charge on any atom is 0.119 e. The highest BCUT2D eigenvalue weighted by Gasteiger charge is 2.05. The molecular weight excluding hydrogens is 212 g/mol. The van der Waals surface area contributed by atoms with E-state index in [1.807, 2.05) is 12.1 Å². The third-order valence-electron chi connectivity index (χ3n) is 3.08. The summed E-state index contributed by atoms with van der Waals surface area (Å²) in [6.07, 6.45) is 0. The molecule has 17 heavy (non-hydrogen) atoms. The molecule has 3 heteroatoms. The van der Waals surface area contributed by atoms with Gasteiger partial charge in [-0.25, -0.2) is 0 Å². The zero-order chi connectivity index (χ0) is 12.7. The van der Waals surface area contributed by atoms with Gasteiger partial charge in [-0.3, -0.25) is 0 Å². The first-order chi connectivity index (χ1) is 8.17. The number of benzene rings is 1. The number of nitrogens with zero attached hydrogens (tertiary/aromatic N) is 1. The summed E-state index contributed by atoms with van der Waals surface area (Å²) in [4.78, 5) is 2.30. The predicted molar refractivity (Wildman–Crippen MR) is 72.6 cm³/mol. The van der Waals surface area contributed by atoms with Crippen LogP contribution >= 0.6 is 0 Å². The third-order valence-corrected chi connectivity index (χ3v) is 3.08. The van der Waals surface area contributed by atoms with Crippen LogP contribution in [-0.2, 0) is 0 Å². The molecule has 3 nitrogen and oxygen atoms in total. The number of likely N-dealkylation sites (N-methyl/N-ethyl adjacent to an activating group) is 1. The van der Waals surface area contributed by atoms with E-state index in [1.165, 1.54) is 5.56 Å². The summed E-state index contributed by atoms with van der Waals surface area (Å²) in [7, 11) is 3.84. The normalized spacial score (nSPS) is 12.8. The molecule has 0 amide bonds. The summed E-state index contributed by atoms with van der Waals surface area (Å²) >= 11 is 0. The number of hydrogen-bond donors (Lipinski definition) is 1. The highest BCUT2D eigenvalue weighted by molar-refractivity contribution is 5.30. The molecule has 0 bridgehead atoms. The summed E-state index contributed by atoms with van der Waals surface area (Å²) in [6.45, 7) is 7.52. The van der Waals surface area contributed by atoms with Gasteiger partial charge in [0.2, 0.25) is 0 Å². The molecule has 0 saturated heterocycles. The van der Waals surface area contributed by atoms with Crippen molar-refractivity contribution in [3.05, 3.63) is 29.8 Å². The Morgan fingerprint density at radius 3 is 2.82 bits per heavy atom. The Balaban J connectivity index is 2.43. The second kappa shape index (κ2) is 7.30. The molecule has 96 valence electrons. The second-order valence-electron chi connectivity index (χ2n) is 4.35. The highest BCUT2D eigenvalue weighted by atomic mass is 16.5. The average Bonchev–Trinajstić information content (AvgIpc) is 2.38. The first-order valence-corrected chi connectivity index (χ1v) is 6.23. The molecular formula is C14H24N2O. The van der Waals surface area contributed by atoms with E-state index < -0.39 is 0 Å². The summed E-state index contributed by atoms with van der Waals surface area (Å²) < 4.78 is 5.23. The van der Waals surface area contributed by atoms with Crippen LogP contribution < -0.4 is 10.1 Å². The van der Waals surface area contributed by atoms with Gasteiger partial charge in [-0.1, -0.05) is 19.1 Å². The zero-order valence-corrected chi connectivity index (χ0v) is 11.4. The van der Waals surface area contributed by atoms with E-state index in [2.05, 4.69) is 43.2 Å². The van der Waals surface area contributed by atoms with Gasteiger partial charge >= 0.3 is 0 Å². The van der Waals surface area contributed by atoms with Crippen LogP contribution in [0.15, 0.2) is 24.3 Å². The van der Waals surface area contributed by atoms with Crippen LogP contribution in [0.2, 0.25) is 0 Å². The first kappa shape index (κ1) is 14.0. The van der Waals surface area contributed by atoms with E-state index in [0.29, 0.717) is 6.04 Å². The smallest absolute Gasteiger partial charge is 0.119 e. The van der Waals surface area contributed by atoms with Crippen molar-refractivity contribution >= 4 is 0 Å². The van der Waals surface area contributed by atoms with Crippen molar-refractivity contribution in [2.45, 2.75) is 19.9 Å². The number of hydrogen-bond acceptors (Lipinski definition) is 3. The molecule has 1 aromatic carbocycles. The molecule has 0 aliphatic heterocycles. The van der Waals surface area contributed by atoms with Crippen molar-refractivity contribution in [1.82, 2.24) is 10.2 Å². The average molecular weight is 236 g/mol. The number of nitrogens with one attached hydrogen (secondary N) is 1.